The minimum atomic E-state index is -0.00599. The van der Waals surface area contributed by atoms with Crippen LogP contribution in [0.1, 0.15) is 19.3 Å². The summed E-state index contributed by atoms with van der Waals surface area (Å²) in [5, 5.41) is 1.17. The topological polar surface area (TPSA) is 36.3 Å². The number of rotatable bonds is 4. The van der Waals surface area contributed by atoms with E-state index in [1.165, 1.54) is 11.8 Å². The fourth-order valence-electron chi connectivity index (χ4n) is 2.33. The van der Waals surface area contributed by atoms with Gasteiger partial charge in [0.05, 0.1) is 6.61 Å². The summed E-state index contributed by atoms with van der Waals surface area (Å²) in [6.45, 7) is 2.32. The summed E-state index contributed by atoms with van der Waals surface area (Å²) in [4.78, 5) is 4.38. The number of hydrogen-bond donors (Lipinski definition) is 0. The summed E-state index contributed by atoms with van der Waals surface area (Å²) in [7, 11) is 0. The van der Waals surface area contributed by atoms with Crippen LogP contribution in [0.2, 0.25) is 0 Å². The molecule has 0 bridgehead atoms. The molecule has 2 aromatic rings. The van der Waals surface area contributed by atoms with Crippen LogP contribution in [0.4, 0.5) is 0 Å². The van der Waals surface area contributed by atoms with Crippen molar-refractivity contribution in [3.63, 3.8) is 0 Å². The predicted molar refractivity (Wildman–Crippen MR) is 69.3 cm³/mol. The smallest absolute Gasteiger partial charge is 0.157 e. The molecule has 3 rings (SSSR count). The molecule has 0 amide bonds. The first kappa shape index (κ1) is 11.7. The van der Waals surface area contributed by atoms with Crippen molar-refractivity contribution in [3.05, 3.63) is 30.6 Å². The fraction of sp³-hybridized carbons (Fsp3) is 0.500. The normalized spacial score (nSPS) is 20.3. The largest absolute Gasteiger partial charge is 0.353 e. The Morgan fingerprint density at radius 3 is 3.28 bits per heavy atom. The van der Waals surface area contributed by atoms with Crippen LogP contribution in [0.15, 0.2) is 30.6 Å². The molecule has 1 saturated heterocycles. The van der Waals surface area contributed by atoms with Crippen molar-refractivity contribution in [1.82, 2.24) is 9.55 Å². The maximum Gasteiger partial charge on any atom is 0.157 e. The molecule has 0 spiro atoms. The summed E-state index contributed by atoms with van der Waals surface area (Å²) in [6, 6.07) is 6.11. The van der Waals surface area contributed by atoms with E-state index >= 15 is 0 Å². The van der Waals surface area contributed by atoms with Gasteiger partial charge in [-0.1, -0.05) is 0 Å². The average Bonchev–Trinajstić information content (AvgIpc) is 2.84. The Bertz CT molecular complexity index is 503. The van der Waals surface area contributed by atoms with Crippen LogP contribution in [0.3, 0.4) is 0 Å². The highest BCUT2D eigenvalue weighted by molar-refractivity contribution is 5.75. The molecule has 3 heterocycles. The molecule has 1 unspecified atom stereocenters. The Kier molecular flexibility index (Phi) is 3.57. The molecule has 2 aromatic heterocycles. The summed E-state index contributed by atoms with van der Waals surface area (Å²) in [5.41, 5.74) is 1.02. The molecule has 4 nitrogen and oxygen atoms in total. The van der Waals surface area contributed by atoms with Crippen LogP contribution in [-0.2, 0) is 16.0 Å². The number of pyridine rings is 1. The molecular weight excluding hydrogens is 228 g/mol. The molecule has 1 aliphatic rings. The lowest BCUT2D eigenvalue weighted by atomic mass is 10.2. The van der Waals surface area contributed by atoms with Crippen LogP contribution in [-0.4, -0.2) is 29.1 Å². The molecule has 1 fully saturated rings. The fourth-order valence-corrected chi connectivity index (χ4v) is 2.33. The minimum Gasteiger partial charge on any atom is -0.353 e. The molecule has 0 radical (unpaired) electrons. The molecule has 0 aliphatic carbocycles. The Morgan fingerprint density at radius 1 is 1.39 bits per heavy atom. The number of ether oxygens (including phenoxy) is 2. The molecule has 0 saturated carbocycles. The number of nitrogens with zero attached hydrogens (tertiary/aromatic N) is 2. The molecular formula is C14H18N2O2. The third-order valence-electron chi connectivity index (χ3n) is 3.30. The molecule has 1 aliphatic heterocycles. The lowest BCUT2D eigenvalue weighted by molar-refractivity contribution is -0.163. The number of fused-ring (bicyclic) bond motifs is 1. The van der Waals surface area contributed by atoms with Crippen molar-refractivity contribution in [1.29, 1.82) is 0 Å². The lowest BCUT2D eigenvalue weighted by Crippen LogP contribution is -2.23. The van der Waals surface area contributed by atoms with E-state index in [9.17, 15) is 0 Å². The van der Waals surface area contributed by atoms with Gasteiger partial charge in [-0.05, 0) is 37.5 Å². The Hall–Kier alpha value is -1.39. The van der Waals surface area contributed by atoms with Crippen LogP contribution >= 0.6 is 0 Å². The zero-order valence-electron chi connectivity index (χ0n) is 10.4. The highest BCUT2D eigenvalue weighted by Crippen LogP contribution is 2.15. The van der Waals surface area contributed by atoms with E-state index in [-0.39, 0.29) is 6.29 Å². The number of aromatic nitrogens is 2. The third kappa shape index (κ3) is 2.54. The Labute approximate surface area is 107 Å². The second-order valence-corrected chi connectivity index (χ2v) is 4.59. The van der Waals surface area contributed by atoms with Gasteiger partial charge < -0.3 is 14.0 Å². The molecule has 0 aromatic carbocycles. The van der Waals surface area contributed by atoms with Gasteiger partial charge in [0.25, 0.3) is 0 Å². The highest BCUT2D eigenvalue weighted by atomic mass is 16.7. The van der Waals surface area contributed by atoms with E-state index in [1.54, 1.807) is 0 Å². The van der Waals surface area contributed by atoms with Crippen LogP contribution < -0.4 is 0 Å². The molecule has 0 N–H and O–H groups in total. The second kappa shape index (κ2) is 5.50. The first-order valence-electron chi connectivity index (χ1n) is 6.56. The summed E-state index contributed by atoms with van der Waals surface area (Å²) >= 11 is 0. The van der Waals surface area contributed by atoms with E-state index in [2.05, 4.69) is 27.9 Å². The van der Waals surface area contributed by atoms with Gasteiger partial charge in [0.1, 0.15) is 5.65 Å². The van der Waals surface area contributed by atoms with Crippen molar-refractivity contribution in [3.8, 4) is 0 Å². The van der Waals surface area contributed by atoms with Crippen molar-refractivity contribution in [2.24, 2.45) is 0 Å². The van der Waals surface area contributed by atoms with Gasteiger partial charge in [-0.25, -0.2) is 4.98 Å². The van der Waals surface area contributed by atoms with Gasteiger partial charge in [0.2, 0.25) is 0 Å². The van der Waals surface area contributed by atoms with E-state index < -0.39 is 0 Å². The van der Waals surface area contributed by atoms with Crippen LogP contribution in [0.5, 0.6) is 0 Å². The second-order valence-electron chi connectivity index (χ2n) is 4.59. The Balaban J connectivity index is 1.56. The maximum atomic E-state index is 5.73. The van der Waals surface area contributed by atoms with E-state index in [4.69, 9.17) is 9.47 Å². The zero-order chi connectivity index (χ0) is 12.2. The molecule has 4 heteroatoms. The zero-order valence-corrected chi connectivity index (χ0v) is 10.4. The first-order valence-corrected chi connectivity index (χ1v) is 6.56. The van der Waals surface area contributed by atoms with Gasteiger partial charge in [0.15, 0.2) is 6.29 Å². The Morgan fingerprint density at radius 2 is 2.39 bits per heavy atom. The van der Waals surface area contributed by atoms with Crippen molar-refractivity contribution in [2.45, 2.75) is 32.1 Å². The summed E-state index contributed by atoms with van der Waals surface area (Å²) < 4.78 is 13.4. The van der Waals surface area contributed by atoms with Crippen molar-refractivity contribution < 1.29 is 9.47 Å². The SMILES string of the molecule is c1cnc2c(c1)ccn2CCOC1CCCCO1. The molecule has 1 atom stereocenters. The quantitative estimate of drug-likeness (QED) is 0.832. The van der Waals surface area contributed by atoms with Gasteiger partial charge in [-0.15, -0.1) is 0 Å². The monoisotopic (exact) mass is 246 g/mol. The van der Waals surface area contributed by atoms with Crippen molar-refractivity contribution >= 4 is 11.0 Å². The minimum absolute atomic E-state index is 0.00599. The van der Waals surface area contributed by atoms with E-state index in [0.717, 1.165) is 31.6 Å². The van der Waals surface area contributed by atoms with Crippen LogP contribution in [0, 0.1) is 0 Å². The average molecular weight is 246 g/mol. The van der Waals surface area contributed by atoms with Gasteiger partial charge >= 0.3 is 0 Å². The third-order valence-corrected chi connectivity index (χ3v) is 3.30. The van der Waals surface area contributed by atoms with E-state index in [0.29, 0.717) is 6.61 Å². The maximum absolute atomic E-state index is 5.73. The lowest BCUT2D eigenvalue weighted by Gasteiger charge is -2.22. The van der Waals surface area contributed by atoms with Gasteiger partial charge in [-0.2, -0.15) is 0 Å². The van der Waals surface area contributed by atoms with Gasteiger partial charge in [0, 0.05) is 30.9 Å². The number of hydrogen-bond acceptors (Lipinski definition) is 3. The standard InChI is InChI=1S/C14H18N2O2/c1-2-10-17-13(5-1)18-11-9-16-8-6-12-4-3-7-15-14(12)16/h3-4,6-8,13H,1-2,5,9-11H2. The predicted octanol–water partition coefficient (Wildman–Crippen LogP) is 2.58. The molecule has 18 heavy (non-hydrogen) atoms. The molecule has 96 valence electrons. The van der Waals surface area contributed by atoms with Crippen LogP contribution in [0.25, 0.3) is 11.0 Å². The van der Waals surface area contributed by atoms with Gasteiger partial charge in [-0.3, -0.25) is 0 Å². The summed E-state index contributed by atoms with van der Waals surface area (Å²) in [6.07, 6.45) is 7.26. The first-order chi connectivity index (χ1) is 8.93. The van der Waals surface area contributed by atoms with Crippen molar-refractivity contribution in [2.75, 3.05) is 13.2 Å². The van der Waals surface area contributed by atoms with E-state index in [1.807, 2.05) is 12.3 Å². The highest BCUT2D eigenvalue weighted by Gasteiger charge is 2.13. The summed E-state index contributed by atoms with van der Waals surface area (Å²) in [5.74, 6) is 0.